The molecule has 29 heavy (non-hydrogen) atoms. The molecule has 7 heteroatoms. The molecule has 1 heterocycles. The number of nitrogens with zero attached hydrogens (tertiary/aromatic N) is 2. The van der Waals surface area contributed by atoms with E-state index in [1.54, 1.807) is 0 Å². The summed E-state index contributed by atoms with van der Waals surface area (Å²) in [4.78, 5) is 16.5. The highest BCUT2D eigenvalue weighted by Crippen LogP contribution is 2.20. The molecule has 1 atom stereocenters. The van der Waals surface area contributed by atoms with Crippen molar-refractivity contribution in [1.29, 1.82) is 0 Å². The van der Waals surface area contributed by atoms with Crippen LogP contribution in [-0.4, -0.2) is 22.6 Å². The molecule has 1 aromatic heterocycles. The van der Waals surface area contributed by atoms with E-state index < -0.39 is 0 Å². The molecule has 0 aliphatic rings. The monoisotopic (exact) mass is 414 g/mol. The number of hydrogen-bond acceptors (Lipinski definition) is 5. The topological polar surface area (TPSA) is 94.0 Å². The minimum absolute atomic E-state index is 0. The highest BCUT2D eigenvalue weighted by Gasteiger charge is 2.12. The number of hydrogen-bond donors (Lipinski definition) is 2. The number of amides is 1. The summed E-state index contributed by atoms with van der Waals surface area (Å²) in [7, 11) is 0. The van der Waals surface area contributed by atoms with E-state index in [4.69, 9.17) is 10.3 Å². The standard InChI is InChI=1S/C22H26N4O2.ClH/c1-15(2)16-8-10-18(11-9-16)22-25-21(28-26-22)13-12-20(27)24-14-19(23)17-6-4-3-5-7-17;/h3-11,15,19H,12-14,23H2,1-2H3,(H,24,27);1H. The van der Waals surface area contributed by atoms with Crippen LogP contribution in [0.15, 0.2) is 59.1 Å². The van der Waals surface area contributed by atoms with Gasteiger partial charge >= 0.3 is 0 Å². The molecule has 3 rings (SSSR count). The van der Waals surface area contributed by atoms with Gasteiger partial charge in [0.1, 0.15) is 0 Å². The largest absolute Gasteiger partial charge is 0.354 e. The fourth-order valence-corrected chi connectivity index (χ4v) is 2.84. The van der Waals surface area contributed by atoms with E-state index in [1.807, 2.05) is 42.5 Å². The van der Waals surface area contributed by atoms with E-state index in [1.165, 1.54) is 5.56 Å². The Morgan fingerprint density at radius 1 is 1.07 bits per heavy atom. The van der Waals surface area contributed by atoms with Crippen molar-refractivity contribution in [3.8, 4) is 11.4 Å². The molecule has 3 N–H and O–H groups in total. The first kappa shape index (κ1) is 22.6. The smallest absolute Gasteiger partial charge is 0.227 e. The maximum Gasteiger partial charge on any atom is 0.227 e. The molecule has 6 nitrogen and oxygen atoms in total. The van der Waals surface area contributed by atoms with Gasteiger partial charge in [-0.15, -0.1) is 12.4 Å². The fourth-order valence-electron chi connectivity index (χ4n) is 2.84. The molecule has 1 unspecified atom stereocenters. The Balaban J connectivity index is 0.00000300. The summed E-state index contributed by atoms with van der Waals surface area (Å²) in [5, 5.41) is 6.87. The molecule has 0 aliphatic heterocycles. The summed E-state index contributed by atoms with van der Waals surface area (Å²) in [6.07, 6.45) is 0.666. The number of nitrogens with two attached hydrogens (primary N) is 1. The van der Waals surface area contributed by atoms with Crippen LogP contribution >= 0.6 is 12.4 Å². The Kier molecular flexibility index (Phi) is 8.36. The molecule has 0 aliphatic carbocycles. The summed E-state index contributed by atoms with van der Waals surface area (Å²) in [6, 6.07) is 17.6. The zero-order valence-electron chi connectivity index (χ0n) is 16.7. The van der Waals surface area contributed by atoms with Gasteiger partial charge in [-0.2, -0.15) is 4.98 Å². The van der Waals surface area contributed by atoms with Crippen molar-refractivity contribution in [3.05, 3.63) is 71.6 Å². The van der Waals surface area contributed by atoms with E-state index in [0.717, 1.165) is 11.1 Å². The van der Waals surface area contributed by atoms with Crippen LogP contribution in [0.3, 0.4) is 0 Å². The maximum absolute atomic E-state index is 12.1. The number of halogens is 1. The van der Waals surface area contributed by atoms with Crippen molar-refractivity contribution in [2.45, 2.75) is 38.6 Å². The Morgan fingerprint density at radius 3 is 2.41 bits per heavy atom. The summed E-state index contributed by atoms with van der Waals surface area (Å²) >= 11 is 0. The predicted octanol–water partition coefficient (Wildman–Crippen LogP) is 4.03. The lowest BCUT2D eigenvalue weighted by atomic mass is 10.0. The minimum atomic E-state index is -0.228. The molecule has 0 spiro atoms. The summed E-state index contributed by atoms with van der Waals surface area (Å²) < 4.78 is 5.28. The van der Waals surface area contributed by atoms with Crippen molar-refractivity contribution in [3.63, 3.8) is 0 Å². The van der Waals surface area contributed by atoms with Crippen LogP contribution in [0, 0.1) is 0 Å². The third-order valence-electron chi connectivity index (χ3n) is 4.62. The van der Waals surface area contributed by atoms with Crippen LogP contribution in [-0.2, 0) is 11.2 Å². The molecule has 0 saturated heterocycles. The Bertz CT molecular complexity index is 895. The molecule has 154 valence electrons. The fraction of sp³-hybridized carbons (Fsp3) is 0.318. The zero-order valence-corrected chi connectivity index (χ0v) is 17.5. The second kappa shape index (κ2) is 10.7. The second-order valence-corrected chi connectivity index (χ2v) is 7.11. The van der Waals surface area contributed by atoms with Gasteiger partial charge in [-0.05, 0) is 17.0 Å². The summed E-state index contributed by atoms with van der Waals surface area (Å²) in [6.45, 7) is 4.69. The van der Waals surface area contributed by atoms with E-state index in [0.29, 0.717) is 30.6 Å². The van der Waals surface area contributed by atoms with Crippen molar-refractivity contribution in [2.75, 3.05) is 6.54 Å². The predicted molar refractivity (Wildman–Crippen MR) is 116 cm³/mol. The van der Waals surface area contributed by atoms with E-state index >= 15 is 0 Å². The van der Waals surface area contributed by atoms with Gasteiger partial charge in [0.25, 0.3) is 0 Å². The second-order valence-electron chi connectivity index (χ2n) is 7.11. The van der Waals surface area contributed by atoms with Gasteiger partial charge in [-0.25, -0.2) is 0 Å². The highest BCUT2D eigenvalue weighted by atomic mass is 35.5. The Labute approximate surface area is 177 Å². The lowest BCUT2D eigenvalue weighted by Crippen LogP contribution is -2.32. The van der Waals surface area contributed by atoms with Crippen LogP contribution < -0.4 is 11.1 Å². The van der Waals surface area contributed by atoms with Gasteiger partial charge in [0.05, 0.1) is 0 Å². The number of aryl methyl sites for hydroxylation is 1. The average molecular weight is 415 g/mol. The number of carbonyl (C=O) groups excluding carboxylic acids is 1. The molecular formula is C22H27ClN4O2. The van der Waals surface area contributed by atoms with Gasteiger partial charge in [0, 0.05) is 31.0 Å². The maximum atomic E-state index is 12.1. The van der Waals surface area contributed by atoms with Gasteiger partial charge in [-0.1, -0.05) is 73.6 Å². The van der Waals surface area contributed by atoms with E-state index in [9.17, 15) is 4.79 Å². The number of benzene rings is 2. The first-order chi connectivity index (χ1) is 13.5. The van der Waals surface area contributed by atoms with Crippen LogP contribution in [0.5, 0.6) is 0 Å². The quantitative estimate of drug-likeness (QED) is 0.580. The molecule has 0 fully saturated rings. The van der Waals surface area contributed by atoms with Gasteiger partial charge < -0.3 is 15.6 Å². The number of rotatable bonds is 8. The summed E-state index contributed by atoms with van der Waals surface area (Å²) in [5.41, 5.74) is 9.25. The molecule has 0 radical (unpaired) electrons. The average Bonchev–Trinajstić information content (AvgIpc) is 3.20. The Morgan fingerprint density at radius 2 is 1.76 bits per heavy atom. The van der Waals surface area contributed by atoms with Crippen molar-refractivity contribution >= 4 is 18.3 Å². The van der Waals surface area contributed by atoms with Crippen molar-refractivity contribution < 1.29 is 9.32 Å². The summed E-state index contributed by atoms with van der Waals surface area (Å²) in [5.74, 6) is 1.37. The zero-order chi connectivity index (χ0) is 19.9. The third kappa shape index (κ3) is 6.41. The molecule has 0 bridgehead atoms. The molecular weight excluding hydrogens is 388 g/mol. The third-order valence-corrected chi connectivity index (χ3v) is 4.62. The normalized spacial score (nSPS) is 11.7. The van der Waals surface area contributed by atoms with Crippen molar-refractivity contribution in [1.82, 2.24) is 15.5 Å². The number of nitrogens with one attached hydrogen (secondary N) is 1. The highest BCUT2D eigenvalue weighted by molar-refractivity contribution is 5.85. The first-order valence-corrected chi connectivity index (χ1v) is 9.53. The minimum Gasteiger partial charge on any atom is -0.354 e. The lowest BCUT2D eigenvalue weighted by Gasteiger charge is -2.12. The van der Waals surface area contributed by atoms with Gasteiger partial charge in [0.2, 0.25) is 17.6 Å². The SMILES string of the molecule is CC(C)c1ccc(-c2noc(CCC(=O)NCC(N)c3ccccc3)n2)cc1.Cl. The van der Waals surface area contributed by atoms with Crippen molar-refractivity contribution in [2.24, 2.45) is 5.73 Å². The van der Waals surface area contributed by atoms with E-state index in [-0.39, 0.29) is 30.8 Å². The van der Waals surface area contributed by atoms with Crippen LogP contribution in [0.2, 0.25) is 0 Å². The van der Waals surface area contributed by atoms with Crippen LogP contribution in [0.4, 0.5) is 0 Å². The lowest BCUT2D eigenvalue weighted by molar-refractivity contribution is -0.121. The Hall–Kier alpha value is -2.70. The molecule has 0 saturated carbocycles. The molecule has 1 amide bonds. The number of carbonyl (C=O) groups is 1. The number of aromatic nitrogens is 2. The van der Waals surface area contributed by atoms with E-state index in [2.05, 4.69) is 41.4 Å². The molecule has 2 aromatic carbocycles. The van der Waals surface area contributed by atoms with Gasteiger partial charge in [0.15, 0.2) is 0 Å². The molecule has 3 aromatic rings. The first-order valence-electron chi connectivity index (χ1n) is 9.53. The van der Waals surface area contributed by atoms with Gasteiger partial charge in [-0.3, -0.25) is 4.79 Å². The van der Waals surface area contributed by atoms with Crippen LogP contribution in [0.1, 0.15) is 49.2 Å². The van der Waals surface area contributed by atoms with Crippen LogP contribution in [0.25, 0.3) is 11.4 Å².